The molecule has 0 spiro atoms. The van der Waals surface area contributed by atoms with E-state index in [-0.39, 0.29) is 11.8 Å². The molecule has 2 aromatic rings. The van der Waals surface area contributed by atoms with Crippen molar-refractivity contribution in [2.24, 2.45) is 5.92 Å². The van der Waals surface area contributed by atoms with Crippen LogP contribution in [0.1, 0.15) is 19.4 Å². The van der Waals surface area contributed by atoms with Crippen molar-refractivity contribution in [3.05, 3.63) is 72.3 Å². The molecule has 0 N–H and O–H groups in total. The molecule has 0 fully saturated rings. The number of amides is 1. The molecule has 2 nitrogen and oxygen atoms in total. The standard InChI is InChI=1S/C19H21NO/c1-16(13-14-18-9-5-3-6-10-18)15-20(17(2)21)19-11-7-4-8-12-19/h3-14,16H,15H2,1-2H3/b14-13+. The first-order valence-electron chi connectivity index (χ1n) is 7.23. The number of benzene rings is 2. The number of rotatable bonds is 5. The summed E-state index contributed by atoms with van der Waals surface area (Å²) < 4.78 is 0. The fourth-order valence-electron chi connectivity index (χ4n) is 2.21. The highest BCUT2D eigenvalue weighted by molar-refractivity contribution is 5.91. The van der Waals surface area contributed by atoms with Gasteiger partial charge < -0.3 is 4.90 Å². The van der Waals surface area contributed by atoms with Gasteiger partial charge in [-0.1, -0.05) is 67.6 Å². The van der Waals surface area contributed by atoms with Crippen LogP contribution in [0, 0.1) is 5.92 Å². The molecular formula is C19H21NO. The Hall–Kier alpha value is -2.35. The van der Waals surface area contributed by atoms with Gasteiger partial charge in [-0.3, -0.25) is 4.79 Å². The summed E-state index contributed by atoms with van der Waals surface area (Å²) in [5, 5.41) is 0. The van der Waals surface area contributed by atoms with Gasteiger partial charge in [0, 0.05) is 19.2 Å². The average Bonchev–Trinajstić information content (AvgIpc) is 2.52. The van der Waals surface area contributed by atoms with E-state index in [1.165, 1.54) is 5.56 Å². The smallest absolute Gasteiger partial charge is 0.223 e. The van der Waals surface area contributed by atoms with Gasteiger partial charge in [0.2, 0.25) is 5.91 Å². The Kier molecular flexibility index (Phi) is 5.33. The minimum Gasteiger partial charge on any atom is -0.312 e. The second-order valence-electron chi connectivity index (χ2n) is 5.21. The van der Waals surface area contributed by atoms with E-state index in [0.717, 1.165) is 5.69 Å². The van der Waals surface area contributed by atoms with Crippen molar-refractivity contribution in [2.45, 2.75) is 13.8 Å². The van der Waals surface area contributed by atoms with E-state index in [1.807, 2.05) is 53.4 Å². The third-order valence-corrected chi connectivity index (χ3v) is 3.34. The zero-order valence-electron chi connectivity index (χ0n) is 12.6. The molecule has 0 aliphatic rings. The number of carbonyl (C=O) groups excluding carboxylic acids is 1. The summed E-state index contributed by atoms with van der Waals surface area (Å²) in [6.07, 6.45) is 4.25. The summed E-state index contributed by atoms with van der Waals surface area (Å²) in [7, 11) is 0. The van der Waals surface area contributed by atoms with Crippen molar-refractivity contribution in [3.63, 3.8) is 0 Å². The molecule has 0 saturated carbocycles. The monoisotopic (exact) mass is 279 g/mol. The molecule has 2 rings (SSSR count). The van der Waals surface area contributed by atoms with E-state index in [4.69, 9.17) is 0 Å². The van der Waals surface area contributed by atoms with E-state index >= 15 is 0 Å². The molecule has 0 radical (unpaired) electrons. The van der Waals surface area contributed by atoms with Crippen LogP contribution in [0.15, 0.2) is 66.7 Å². The van der Waals surface area contributed by atoms with Crippen LogP contribution < -0.4 is 4.90 Å². The fraction of sp³-hybridized carbons (Fsp3) is 0.211. The number of nitrogens with zero attached hydrogens (tertiary/aromatic N) is 1. The maximum absolute atomic E-state index is 11.9. The van der Waals surface area contributed by atoms with E-state index in [0.29, 0.717) is 6.54 Å². The van der Waals surface area contributed by atoms with Crippen LogP contribution in [0.25, 0.3) is 6.08 Å². The molecule has 2 aromatic carbocycles. The largest absolute Gasteiger partial charge is 0.312 e. The Morgan fingerprint density at radius 2 is 1.62 bits per heavy atom. The summed E-state index contributed by atoms with van der Waals surface area (Å²) in [4.78, 5) is 13.7. The molecule has 0 saturated heterocycles. The van der Waals surface area contributed by atoms with Crippen LogP contribution in [0.4, 0.5) is 5.69 Å². The highest BCUT2D eigenvalue weighted by atomic mass is 16.2. The van der Waals surface area contributed by atoms with Crippen molar-refractivity contribution >= 4 is 17.7 Å². The van der Waals surface area contributed by atoms with Gasteiger partial charge in [0.1, 0.15) is 0 Å². The van der Waals surface area contributed by atoms with Gasteiger partial charge in [-0.05, 0) is 23.6 Å². The van der Waals surface area contributed by atoms with Crippen molar-refractivity contribution in [1.29, 1.82) is 0 Å². The molecule has 0 bridgehead atoms. The zero-order chi connectivity index (χ0) is 15.1. The summed E-state index contributed by atoms with van der Waals surface area (Å²) in [6.45, 7) is 4.42. The van der Waals surface area contributed by atoms with Crippen molar-refractivity contribution in [3.8, 4) is 0 Å². The first-order valence-corrected chi connectivity index (χ1v) is 7.23. The third kappa shape index (κ3) is 4.60. The average molecular weight is 279 g/mol. The number of hydrogen-bond donors (Lipinski definition) is 0. The van der Waals surface area contributed by atoms with E-state index < -0.39 is 0 Å². The maximum atomic E-state index is 11.9. The van der Waals surface area contributed by atoms with E-state index in [2.05, 4.69) is 31.2 Å². The lowest BCUT2D eigenvalue weighted by atomic mass is 10.1. The van der Waals surface area contributed by atoms with Crippen LogP contribution in [0.5, 0.6) is 0 Å². The van der Waals surface area contributed by atoms with Gasteiger partial charge in [-0.15, -0.1) is 0 Å². The minimum atomic E-state index is 0.0705. The lowest BCUT2D eigenvalue weighted by Gasteiger charge is -2.23. The van der Waals surface area contributed by atoms with E-state index in [9.17, 15) is 4.79 Å². The Morgan fingerprint density at radius 3 is 2.19 bits per heavy atom. The second kappa shape index (κ2) is 7.44. The predicted octanol–water partition coefficient (Wildman–Crippen LogP) is 4.39. The summed E-state index contributed by atoms with van der Waals surface area (Å²) >= 11 is 0. The minimum absolute atomic E-state index is 0.0705. The molecule has 0 aromatic heterocycles. The lowest BCUT2D eigenvalue weighted by molar-refractivity contribution is -0.116. The summed E-state index contributed by atoms with van der Waals surface area (Å²) in [5.74, 6) is 0.357. The first kappa shape index (κ1) is 15.0. The lowest BCUT2D eigenvalue weighted by Crippen LogP contribution is -2.32. The van der Waals surface area contributed by atoms with Crippen molar-refractivity contribution < 1.29 is 4.79 Å². The van der Waals surface area contributed by atoms with Gasteiger partial charge in [-0.25, -0.2) is 0 Å². The van der Waals surface area contributed by atoms with Crippen LogP contribution in [-0.2, 0) is 4.79 Å². The Labute approximate surface area is 126 Å². The second-order valence-corrected chi connectivity index (χ2v) is 5.21. The van der Waals surface area contributed by atoms with Gasteiger partial charge in [0.25, 0.3) is 0 Å². The Balaban J connectivity index is 2.04. The number of anilines is 1. The predicted molar refractivity (Wildman–Crippen MR) is 89.1 cm³/mol. The van der Waals surface area contributed by atoms with Gasteiger partial charge >= 0.3 is 0 Å². The Morgan fingerprint density at radius 1 is 1.05 bits per heavy atom. The molecule has 0 aliphatic heterocycles. The third-order valence-electron chi connectivity index (χ3n) is 3.34. The van der Waals surface area contributed by atoms with Crippen LogP contribution in [0.3, 0.4) is 0 Å². The zero-order valence-corrected chi connectivity index (χ0v) is 12.6. The van der Waals surface area contributed by atoms with Crippen LogP contribution >= 0.6 is 0 Å². The molecular weight excluding hydrogens is 258 g/mol. The van der Waals surface area contributed by atoms with Crippen molar-refractivity contribution in [1.82, 2.24) is 0 Å². The quantitative estimate of drug-likeness (QED) is 0.795. The molecule has 2 heteroatoms. The molecule has 1 amide bonds. The number of para-hydroxylation sites is 1. The highest BCUT2D eigenvalue weighted by Crippen LogP contribution is 2.16. The fourth-order valence-corrected chi connectivity index (χ4v) is 2.21. The normalized spacial score (nSPS) is 12.3. The van der Waals surface area contributed by atoms with Gasteiger partial charge in [0.15, 0.2) is 0 Å². The molecule has 0 aliphatic carbocycles. The number of carbonyl (C=O) groups is 1. The Bertz CT molecular complexity index is 589. The molecule has 0 heterocycles. The highest BCUT2D eigenvalue weighted by Gasteiger charge is 2.13. The topological polar surface area (TPSA) is 20.3 Å². The van der Waals surface area contributed by atoms with E-state index in [1.54, 1.807) is 6.92 Å². The van der Waals surface area contributed by atoms with Crippen molar-refractivity contribution in [2.75, 3.05) is 11.4 Å². The first-order chi connectivity index (χ1) is 10.2. The maximum Gasteiger partial charge on any atom is 0.223 e. The summed E-state index contributed by atoms with van der Waals surface area (Å²) in [6, 6.07) is 20.0. The van der Waals surface area contributed by atoms with Crippen LogP contribution in [0.2, 0.25) is 0 Å². The SMILES string of the molecule is CC(=O)N(CC(C)/C=C/c1ccccc1)c1ccccc1. The van der Waals surface area contributed by atoms with Gasteiger partial charge in [0.05, 0.1) is 0 Å². The molecule has 1 unspecified atom stereocenters. The molecule has 21 heavy (non-hydrogen) atoms. The van der Waals surface area contributed by atoms with Crippen LogP contribution in [-0.4, -0.2) is 12.5 Å². The van der Waals surface area contributed by atoms with Gasteiger partial charge in [-0.2, -0.15) is 0 Å². The number of hydrogen-bond acceptors (Lipinski definition) is 1. The summed E-state index contributed by atoms with van der Waals surface area (Å²) in [5.41, 5.74) is 2.13. The molecule has 108 valence electrons. The molecule has 1 atom stereocenters.